The van der Waals surface area contributed by atoms with Gasteiger partial charge in [0.25, 0.3) is 0 Å². The topological polar surface area (TPSA) is 59.8 Å². The third-order valence-corrected chi connectivity index (χ3v) is 6.47. The highest BCUT2D eigenvalue weighted by Gasteiger charge is 2.19. The quantitative estimate of drug-likeness (QED) is 0.520. The predicted molar refractivity (Wildman–Crippen MR) is 117 cm³/mol. The summed E-state index contributed by atoms with van der Waals surface area (Å²) >= 11 is 3.17. The van der Waals surface area contributed by atoms with Gasteiger partial charge in [-0.1, -0.05) is 49.0 Å². The predicted octanol–water partition coefficient (Wildman–Crippen LogP) is 5.12. The van der Waals surface area contributed by atoms with Crippen LogP contribution in [0.2, 0.25) is 0 Å². The third-order valence-electron chi connectivity index (χ3n) is 4.45. The Morgan fingerprint density at radius 3 is 2.61 bits per heavy atom. The summed E-state index contributed by atoms with van der Waals surface area (Å²) in [6.07, 6.45) is 1.02. The first-order valence-electron chi connectivity index (χ1n) is 9.49. The van der Waals surface area contributed by atoms with E-state index in [1.54, 1.807) is 11.3 Å². The second kappa shape index (κ2) is 9.39. The fourth-order valence-corrected chi connectivity index (χ4v) is 4.65. The number of rotatable bonds is 8. The molecule has 2 aromatic heterocycles. The molecule has 3 aromatic rings. The van der Waals surface area contributed by atoms with Crippen LogP contribution in [0.25, 0.3) is 11.4 Å². The van der Waals surface area contributed by atoms with Crippen molar-refractivity contribution in [2.24, 2.45) is 0 Å². The summed E-state index contributed by atoms with van der Waals surface area (Å²) in [7, 11) is 0. The Kier molecular flexibility index (Phi) is 6.91. The Morgan fingerprint density at radius 1 is 1.21 bits per heavy atom. The Bertz CT molecular complexity index is 918. The fraction of sp³-hybridized carbons (Fsp3) is 0.381. The van der Waals surface area contributed by atoms with Gasteiger partial charge in [-0.05, 0) is 38.8 Å². The molecule has 28 heavy (non-hydrogen) atoms. The number of aromatic nitrogens is 3. The lowest BCUT2D eigenvalue weighted by atomic mass is 10.1. The lowest BCUT2D eigenvalue weighted by molar-refractivity contribution is -0.119. The van der Waals surface area contributed by atoms with E-state index >= 15 is 0 Å². The molecule has 0 aliphatic rings. The van der Waals surface area contributed by atoms with Gasteiger partial charge < -0.3 is 5.32 Å². The van der Waals surface area contributed by atoms with E-state index in [2.05, 4.69) is 52.3 Å². The molecule has 5 nitrogen and oxygen atoms in total. The van der Waals surface area contributed by atoms with E-state index in [4.69, 9.17) is 0 Å². The number of hydrogen-bond donors (Lipinski definition) is 1. The summed E-state index contributed by atoms with van der Waals surface area (Å²) in [5.41, 5.74) is 2.19. The number of carbonyl (C=O) groups is 1. The molecule has 0 saturated carbocycles. The molecule has 0 saturated heterocycles. The van der Waals surface area contributed by atoms with Crippen LogP contribution in [0.1, 0.15) is 50.2 Å². The number of thiophene rings is 1. The van der Waals surface area contributed by atoms with Crippen LogP contribution < -0.4 is 5.32 Å². The summed E-state index contributed by atoms with van der Waals surface area (Å²) in [5.74, 6) is 1.17. The fourth-order valence-electron chi connectivity index (χ4n) is 2.96. The largest absolute Gasteiger partial charge is 0.349 e. The van der Waals surface area contributed by atoms with Crippen LogP contribution in [0.3, 0.4) is 0 Å². The number of carbonyl (C=O) groups excluding carboxylic acids is 1. The zero-order chi connectivity index (χ0) is 20.1. The van der Waals surface area contributed by atoms with Crippen molar-refractivity contribution in [1.82, 2.24) is 20.1 Å². The van der Waals surface area contributed by atoms with Gasteiger partial charge >= 0.3 is 0 Å². The number of nitrogens with one attached hydrogen (secondary N) is 1. The Morgan fingerprint density at radius 2 is 1.96 bits per heavy atom. The lowest BCUT2D eigenvalue weighted by Gasteiger charge is -2.15. The average Bonchev–Trinajstić information content (AvgIpc) is 3.33. The third kappa shape index (κ3) is 4.83. The van der Waals surface area contributed by atoms with Gasteiger partial charge in [0.1, 0.15) is 0 Å². The summed E-state index contributed by atoms with van der Waals surface area (Å²) in [6.45, 7) is 8.37. The van der Waals surface area contributed by atoms with Gasteiger partial charge in [0.05, 0.1) is 11.8 Å². The lowest BCUT2D eigenvalue weighted by Crippen LogP contribution is -2.28. The Hall–Kier alpha value is -2.12. The Balaban J connectivity index is 1.68. The maximum Gasteiger partial charge on any atom is 0.230 e. The zero-order valence-electron chi connectivity index (χ0n) is 16.7. The monoisotopic (exact) mass is 414 g/mol. The van der Waals surface area contributed by atoms with E-state index in [0.717, 1.165) is 28.5 Å². The molecule has 7 heteroatoms. The number of hydrogen-bond acceptors (Lipinski definition) is 5. The normalized spacial score (nSPS) is 12.3. The SMILES string of the molecule is CCc1cc(-c2nnc(SCC(=O)NC(C)c3ccccc3)n2C(C)C)cs1. The van der Waals surface area contributed by atoms with E-state index in [1.807, 2.05) is 37.3 Å². The average molecular weight is 415 g/mol. The maximum atomic E-state index is 12.4. The first kappa shape index (κ1) is 20.6. The van der Waals surface area contributed by atoms with Crippen molar-refractivity contribution < 1.29 is 4.79 Å². The van der Waals surface area contributed by atoms with Gasteiger partial charge in [0.15, 0.2) is 11.0 Å². The van der Waals surface area contributed by atoms with Gasteiger partial charge in [-0.3, -0.25) is 9.36 Å². The first-order valence-corrected chi connectivity index (χ1v) is 11.4. The number of aryl methyl sites for hydroxylation is 1. The van der Waals surface area contributed by atoms with E-state index in [9.17, 15) is 4.79 Å². The molecule has 2 heterocycles. The molecule has 1 amide bonds. The van der Waals surface area contributed by atoms with Crippen LogP contribution in [-0.2, 0) is 11.2 Å². The molecule has 1 aromatic carbocycles. The van der Waals surface area contributed by atoms with Crippen LogP contribution in [0.4, 0.5) is 0 Å². The highest BCUT2D eigenvalue weighted by atomic mass is 32.2. The van der Waals surface area contributed by atoms with Gasteiger partial charge in [-0.25, -0.2) is 0 Å². The molecule has 1 atom stereocenters. The molecule has 0 aliphatic heterocycles. The molecule has 148 valence electrons. The maximum absolute atomic E-state index is 12.4. The second-order valence-corrected chi connectivity index (χ2v) is 8.85. The van der Waals surface area contributed by atoms with Gasteiger partial charge in [-0.15, -0.1) is 21.5 Å². The van der Waals surface area contributed by atoms with Crippen molar-refractivity contribution >= 4 is 29.0 Å². The van der Waals surface area contributed by atoms with Crippen molar-refractivity contribution in [1.29, 1.82) is 0 Å². The van der Waals surface area contributed by atoms with Crippen molar-refractivity contribution in [2.45, 2.75) is 51.4 Å². The highest BCUT2D eigenvalue weighted by Crippen LogP contribution is 2.30. The number of amides is 1. The molecule has 3 rings (SSSR count). The van der Waals surface area contributed by atoms with Gasteiger partial charge in [0, 0.05) is 21.9 Å². The van der Waals surface area contributed by atoms with Crippen molar-refractivity contribution in [3.05, 3.63) is 52.2 Å². The van der Waals surface area contributed by atoms with Crippen LogP contribution >= 0.6 is 23.1 Å². The Labute approximate surface area is 174 Å². The summed E-state index contributed by atoms with van der Waals surface area (Å²) < 4.78 is 2.11. The molecule has 0 bridgehead atoms. The minimum atomic E-state index is -0.0221. The van der Waals surface area contributed by atoms with Gasteiger partial charge in [0.2, 0.25) is 5.91 Å². The van der Waals surface area contributed by atoms with E-state index in [1.165, 1.54) is 16.6 Å². The molecular formula is C21H26N4OS2. The van der Waals surface area contributed by atoms with Crippen molar-refractivity contribution in [3.63, 3.8) is 0 Å². The molecule has 0 spiro atoms. The van der Waals surface area contributed by atoms with Crippen LogP contribution in [-0.4, -0.2) is 26.4 Å². The molecule has 1 N–H and O–H groups in total. The first-order chi connectivity index (χ1) is 13.5. The number of benzene rings is 1. The highest BCUT2D eigenvalue weighted by molar-refractivity contribution is 7.99. The summed E-state index contributed by atoms with van der Waals surface area (Å²) in [4.78, 5) is 13.7. The molecule has 0 aliphatic carbocycles. The van der Waals surface area contributed by atoms with E-state index in [-0.39, 0.29) is 18.0 Å². The van der Waals surface area contributed by atoms with Crippen LogP contribution in [0.5, 0.6) is 0 Å². The van der Waals surface area contributed by atoms with Crippen LogP contribution in [0.15, 0.2) is 46.9 Å². The van der Waals surface area contributed by atoms with Gasteiger partial charge in [-0.2, -0.15) is 0 Å². The second-order valence-electron chi connectivity index (χ2n) is 6.91. The minimum Gasteiger partial charge on any atom is -0.349 e. The number of thioether (sulfide) groups is 1. The molecular weight excluding hydrogens is 388 g/mol. The standard InChI is InChI=1S/C21H26N4OS2/c1-5-18-11-17(12-27-18)20-23-24-21(25(20)14(2)3)28-13-19(26)22-15(4)16-9-7-6-8-10-16/h6-12,14-15H,5,13H2,1-4H3,(H,22,26). The molecule has 0 radical (unpaired) electrons. The molecule has 0 fully saturated rings. The van der Waals surface area contributed by atoms with Crippen LogP contribution in [0, 0.1) is 0 Å². The number of nitrogens with zero attached hydrogens (tertiary/aromatic N) is 3. The van der Waals surface area contributed by atoms with Crippen molar-refractivity contribution in [3.8, 4) is 11.4 Å². The molecule has 1 unspecified atom stereocenters. The van der Waals surface area contributed by atoms with E-state index < -0.39 is 0 Å². The van der Waals surface area contributed by atoms with E-state index in [0.29, 0.717) is 5.75 Å². The summed E-state index contributed by atoms with van der Waals surface area (Å²) in [6, 6.07) is 12.3. The minimum absolute atomic E-state index is 0.00925. The smallest absolute Gasteiger partial charge is 0.230 e. The zero-order valence-corrected chi connectivity index (χ0v) is 18.3. The summed E-state index contributed by atoms with van der Waals surface area (Å²) in [5, 5.41) is 14.7. The van der Waals surface area contributed by atoms with Crippen molar-refractivity contribution in [2.75, 3.05) is 5.75 Å².